The smallest absolute Gasteiger partial charge is 0.111 e. The van der Waals surface area contributed by atoms with E-state index < -0.39 is 0 Å². The second-order valence-electron chi connectivity index (χ2n) is 5.07. The molecule has 3 nitrogen and oxygen atoms in total. The molecule has 1 unspecified atom stereocenters. The molecule has 0 aliphatic carbocycles. The van der Waals surface area contributed by atoms with Gasteiger partial charge in [0.2, 0.25) is 0 Å². The Bertz CT molecular complexity index is 747. The number of likely N-dealkylation sites (N-methyl/N-ethyl adjacent to an activating group) is 1. The van der Waals surface area contributed by atoms with Crippen molar-refractivity contribution in [1.82, 2.24) is 14.9 Å². The fraction of sp³-hybridized carbons (Fsp3) is 0.312. The molecule has 1 N–H and O–H groups in total. The first-order valence-corrected chi connectivity index (χ1v) is 9.02. The van der Waals surface area contributed by atoms with Crippen molar-refractivity contribution >= 4 is 45.0 Å². The highest BCUT2D eigenvalue weighted by molar-refractivity contribution is 14.1. The molecule has 2 heterocycles. The van der Waals surface area contributed by atoms with Crippen LogP contribution in [0.15, 0.2) is 35.7 Å². The third-order valence-corrected chi connectivity index (χ3v) is 5.51. The van der Waals surface area contributed by atoms with Gasteiger partial charge < -0.3 is 9.88 Å². The van der Waals surface area contributed by atoms with Crippen LogP contribution in [-0.2, 0) is 13.5 Å². The van der Waals surface area contributed by atoms with Crippen molar-refractivity contribution in [3.05, 3.63) is 50.0 Å². The molecule has 1 atom stereocenters. The molecule has 0 fully saturated rings. The second-order valence-corrected chi connectivity index (χ2v) is 7.88. The minimum Gasteiger partial charge on any atom is -0.331 e. The Morgan fingerprint density at radius 2 is 2.19 bits per heavy atom. The zero-order valence-electron chi connectivity index (χ0n) is 12.1. The molecule has 0 amide bonds. The summed E-state index contributed by atoms with van der Waals surface area (Å²) in [6.07, 6.45) is 0.909. The van der Waals surface area contributed by atoms with Gasteiger partial charge in [-0.1, -0.05) is 19.1 Å². The van der Waals surface area contributed by atoms with E-state index in [0.29, 0.717) is 6.04 Å². The fourth-order valence-electron chi connectivity index (χ4n) is 2.62. The Labute approximate surface area is 142 Å². The van der Waals surface area contributed by atoms with Gasteiger partial charge >= 0.3 is 0 Å². The van der Waals surface area contributed by atoms with Crippen LogP contribution in [0.3, 0.4) is 0 Å². The zero-order valence-corrected chi connectivity index (χ0v) is 15.1. The minimum atomic E-state index is 0.324. The van der Waals surface area contributed by atoms with E-state index in [1.165, 1.54) is 14.0 Å². The van der Waals surface area contributed by atoms with Crippen molar-refractivity contribution in [2.75, 3.05) is 6.54 Å². The van der Waals surface area contributed by atoms with E-state index in [9.17, 15) is 0 Å². The maximum absolute atomic E-state index is 4.79. The molecule has 0 aliphatic rings. The highest BCUT2D eigenvalue weighted by Crippen LogP contribution is 2.26. The van der Waals surface area contributed by atoms with Gasteiger partial charge in [-0.15, -0.1) is 11.3 Å². The largest absolute Gasteiger partial charge is 0.331 e. The van der Waals surface area contributed by atoms with Crippen molar-refractivity contribution in [3.63, 3.8) is 0 Å². The van der Waals surface area contributed by atoms with Gasteiger partial charge in [-0.2, -0.15) is 0 Å². The van der Waals surface area contributed by atoms with Gasteiger partial charge in [0.25, 0.3) is 0 Å². The van der Waals surface area contributed by atoms with Gasteiger partial charge in [-0.3, -0.25) is 0 Å². The third kappa shape index (κ3) is 3.14. The van der Waals surface area contributed by atoms with Gasteiger partial charge in [-0.05, 0) is 58.3 Å². The lowest BCUT2D eigenvalue weighted by Gasteiger charge is -2.16. The van der Waals surface area contributed by atoms with Crippen LogP contribution in [0.2, 0.25) is 0 Å². The number of aryl methyl sites for hydroxylation is 1. The molecular weight excluding hydrogens is 393 g/mol. The first-order chi connectivity index (χ1) is 10.2. The summed E-state index contributed by atoms with van der Waals surface area (Å²) in [4.78, 5) is 4.79. The highest BCUT2D eigenvalue weighted by atomic mass is 127. The molecular formula is C16H18IN3S. The van der Waals surface area contributed by atoms with Crippen molar-refractivity contribution < 1.29 is 0 Å². The summed E-state index contributed by atoms with van der Waals surface area (Å²) in [6, 6.07) is 10.9. The van der Waals surface area contributed by atoms with Crippen molar-refractivity contribution in [2.24, 2.45) is 7.05 Å². The van der Waals surface area contributed by atoms with E-state index in [0.717, 1.165) is 24.3 Å². The molecule has 1 aromatic carbocycles. The number of imidazole rings is 1. The van der Waals surface area contributed by atoms with Gasteiger partial charge in [-0.25, -0.2) is 4.98 Å². The number of halogens is 1. The van der Waals surface area contributed by atoms with Gasteiger partial charge in [0.15, 0.2) is 0 Å². The van der Waals surface area contributed by atoms with E-state index >= 15 is 0 Å². The molecule has 2 aromatic heterocycles. The molecule has 0 spiro atoms. The number of nitrogens with one attached hydrogen (secondary N) is 1. The Morgan fingerprint density at radius 1 is 1.38 bits per heavy atom. The zero-order chi connectivity index (χ0) is 14.8. The van der Waals surface area contributed by atoms with Crippen LogP contribution in [-0.4, -0.2) is 16.1 Å². The summed E-state index contributed by atoms with van der Waals surface area (Å²) < 4.78 is 3.53. The third-order valence-electron chi connectivity index (χ3n) is 3.71. The van der Waals surface area contributed by atoms with E-state index in [1.807, 2.05) is 6.07 Å². The summed E-state index contributed by atoms with van der Waals surface area (Å²) >= 11 is 4.18. The average molecular weight is 411 g/mol. The summed E-state index contributed by atoms with van der Waals surface area (Å²) in [5.74, 6) is 1.13. The van der Waals surface area contributed by atoms with Crippen LogP contribution in [0.4, 0.5) is 0 Å². The Morgan fingerprint density at radius 3 is 2.86 bits per heavy atom. The van der Waals surface area contributed by atoms with Crippen molar-refractivity contribution in [2.45, 2.75) is 19.4 Å². The molecule has 5 heteroatoms. The number of benzene rings is 1. The topological polar surface area (TPSA) is 29.9 Å². The number of hydrogen-bond acceptors (Lipinski definition) is 3. The molecule has 3 rings (SSSR count). The van der Waals surface area contributed by atoms with Crippen LogP contribution in [0, 0.1) is 2.88 Å². The summed E-state index contributed by atoms with van der Waals surface area (Å²) in [6.45, 7) is 3.11. The van der Waals surface area contributed by atoms with E-state index in [-0.39, 0.29) is 0 Å². The first kappa shape index (κ1) is 15.0. The predicted molar refractivity (Wildman–Crippen MR) is 97.9 cm³/mol. The number of rotatable bonds is 5. The number of aromatic nitrogens is 2. The van der Waals surface area contributed by atoms with Crippen LogP contribution < -0.4 is 5.32 Å². The van der Waals surface area contributed by atoms with Gasteiger partial charge in [0.05, 0.1) is 13.9 Å². The van der Waals surface area contributed by atoms with Gasteiger partial charge in [0.1, 0.15) is 5.82 Å². The van der Waals surface area contributed by atoms with Crippen LogP contribution >= 0.6 is 33.9 Å². The SMILES string of the molecule is CCNC(Cc1nc2ccccc2n1C)c1csc(I)c1. The molecule has 0 bridgehead atoms. The van der Waals surface area contributed by atoms with Crippen LogP contribution in [0.25, 0.3) is 11.0 Å². The first-order valence-electron chi connectivity index (χ1n) is 7.06. The lowest BCUT2D eigenvalue weighted by Crippen LogP contribution is -2.23. The molecule has 0 saturated heterocycles. The lowest BCUT2D eigenvalue weighted by molar-refractivity contribution is 0.532. The number of hydrogen-bond donors (Lipinski definition) is 1. The maximum atomic E-state index is 4.79. The van der Waals surface area contributed by atoms with E-state index in [1.54, 1.807) is 11.3 Å². The molecule has 110 valence electrons. The summed E-state index contributed by atoms with van der Waals surface area (Å²) in [7, 11) is 2.10. The van der Waals surface area contributed by atoms with E-state index in [2.05, 4.69) is 76.1 Å². The number of fused-ring (bicyclic) bond motifs is 1. The standard InChI is InChI=1S/C16H18IN3S/c1-3-18-13(11-8-15(17)21-10-11)9-16-19-12-6-4-5-7-14(12)20(16)2/h4-8,10,13,18H,3,9H2,1-2H3. The molecule has 0 aliphatic heterocycles. The fourth-order valence-corrected chi connectivity index (χ4v) is 4.05. The minimum absolute atomic E-state index is 0.324. The van der Waals surface area contributed by atoms with Crippen molar-refractivity contribution in [1.29, 1.82) is 0 Å². The lowest BCUT2D eigenvalue weighted by atomic mass is 10.1. The van der Waals surface area contributed by atoms with Gasteiger partial charge in [0, 0.05) is 19.5 Å². The Kier molecular flexibility index (Phi) is 4.61. The highest BCUT2D eigenvalue weighted by Gasteiger charge is 2.16. The molecule has 21 heavy (non-hydrogen) atoms. The Hall–Kier alpha value is -0.920. The molecule has 0 saturated carbocycles. The summed E-state index contributed by atoms with van der Waals surface area (Å²) in [5, 5.41) is 5.83. The Balaban J connectivity index is 1.92. The van der Waals surface area contributed by atoms with Crippen LogP contribution in [0.1, 0.15) is 24.4 Å². The summed E-state index contributed by atoms with van der Waals surface area (Å²) in [5.41, 5.74) is 3.63. The molecule has 3 aromatic rings. The monoisotopic (exact) mass is 411 g/mol. The van der Waals surface area contributed by atoms with E-state index in [4.69, 9.17) is 4.98 Å². The quantitative estimate of drug-likeness (QED) is 0.640. The number of thiophene rings is 1. The van der Waals surface area contributed by atoms with Crippen LogP contribution in [0.5, 0.6) is 0 Å². The molecule has 0 radical (unpaired) electrons. The number of para-hydroxylation sites is 2. The van der Waals surface area contributed by atoms with Crippen molar-refractivity contribution in [3.8, 4) is 0 Å². The predicted octanol–water partition coefficient (Wildman–Crippen LogP) is 4.13. The average Bonchev–Trinajstić information content (AvgIpc) is 3.04. The maximum Gasteiger partial charge on any atom is 0.111 e. The number of nitrogens with zero attached hydrogens (tertiary/aromatic N) is 2. The normalized spacial score (nSPS) is 12.9. The second kappa shape index (κ2) is 6.46.